The van der Waals surface area contributed by atoms with Crippen LogP contribution in [-0.4, -0.2) is 30.3 Å². The van der Waals surface area contributed by atoms with Crippen molar-refractivity contribution in [1.29, 1.82) is 0 Å². The summed E-state index contributed by atoms with van der Waals surface area (Å²) in [6, 6.07) is 10.2. The molecular weight excluding hydrogens is 330 g/mol. The molecule has 24 heavy (non-hydrogen) atoms. The number of nitrogens with one attached hydrogen (secondary N) is 3. The van der Waals surface area contributed by atoms with E-state index in [-0.39, 0.29) is 17.5 Å². The predicted molar refractivity (Wildman–Crippen MR) is 93.8 cm³/mol. The van der Waals surface area contributed by atoms with E-state index in [2.05, 4.69) is 25.6 Å². The second kappa shape index (κ2) is 7.73. The average Bonchev–Trinajstić information content (AvgIpc) is 2.50. The summed E-state index contributed by atoms with van der Waals surface area (Å²) in [5, 5.41) is 13.5. The van der Waals surface area contributed by atoms with Crippen LogP contribution in [0.25, 0.3) is 0 Å². The molecule has 9 heteroatoms. The van der Waals surface area contributed by atoms with Gasteiger partial charge in [0.25, 0.3) is 0 Å². The van der Waals surface area contributed by atoms with Gasteiger partial charge in [-0.1, -0.05) is 6.92 Å². The van der Waals surface area contributed by atoms with E-state index in [1.165, 1.54) is 13.0 Å². The first kappa shape index (κ1) is 17.7. The molecule has 0 atom stereocenters. The van der Waals surface area contributed by atoms with Gasteiger partial charge in [0.05, 0.1) is 5.75 Å². The minimum absolute atomic E-state index is 0.0370. The highest BCUT2D eigenvalue weighted by atomic mass is 32.2. The first-order valence-corrected chi connectivity index (χ1v) is 9.02. The predicted octanol–water partition coefficient (Wildman–Crippen LogP) is 2.33. The summed E-state index contributed by atoms with van der Waals surface area (Å²) in [5.41, 5.74) is 1.46. The first-order chi connectivity index (χ1) is 11.4. The van der Waals surface area contributed by atoms with E-state index >= 15 is 0 Å². The van der Waals surface area contributed by atoms with Crippen molar-refractivity contribution in [3.8, 4) is 0 Å². The van der Waals surface area contributed by atoms with Gasteiger partial charge in [0.15, 0.2) is 11.6 Å². The van der Waals surface area contributed by atoms with Crippen molar-refractivity contribution in [1.82, 2.24) is 10.2 Å². The van der Waals surface area contributed by atoms with Gasteiger partial charge in [-0.15, -0.1) is 10.2 Å². The van der Waals surface area contributed by atoms with Crippen molar-refractivity contribution >= 4 is 38.9 Å². The van der Waals surface area contributed by atoms with E-state index < -0.39 is 10.0 Å². The Morgan fingerprint density at radius 2 is 1.58 bits per heavy atom. The average molecular weight is 349 g/mol. The normalized spacial score (nSPS) is 10.9. The molecule has 0 saturated heterocycles. The molecule has 8 nitrogen and oxygen atoms in total. The van der Waals surface area contributed by atoms with Crippen molar-refractivity contribution in [3.63, 3.8) is 0 Å². The van der Waals surface area contributed by atoms with Gasteiger partial charge in [-0.05, 0) is 42.8 Å². The van der Waals surface area contributed by atoms with Gasteiger partial charge in [-0.2, -0.15) is 0 Å². The SMILES string of the molecule is CCCS(=O)(=O)Nc1ccc(Nc2ccc(NC(C)=O)cc2)nn1. The Kier molecular flexibility index (Phi) is 5.69. The van der Waals surface area contributed by atoms with E-state index in [0.717, 1.165) is 5.69 Å². The maximum atomic E-state index is 11.7. The smallest absolute Gasteiger partial charge is 0.233 e. The minimum Gasteiger partial charge on any atom is -0.339 e. The largest absolute Gasteiger partial charge is 0.339 e. The fourth-order valence-electron chi connectivity index (χ4n) is 1.92. The van der Waals surface area contributed by atoms with E-state index in [1.54, 1.807) is 37.3 Å². The van der Waals surface area contributed by atoms with Crippen molar-refractivity contribution in [2.45, 2.75) is 20.3 Å². The van der Waals surface area contributed by atoms with Crippen molar-refractivity contribution < 1.29 is 13.2 Å². The summed E-state index contributed by atoms with van der Waals surface area (Å²) in [6.07, 6.45) is 0.525. The highest BCUT2D eigenvalue weighted by Gasteiger charge is 2.10. The maximum Gasteiger partial charge on any atom is 0.233 e. The number of benzene rings is 1. The van der Waals surface area contributed by atoms with Gasteiger partial charge in [-0.3, -0.25) is 9.52 Å². The van der Waals surface area contributed by atoms with Gasteiger partial charge in [0.1, 0.15) is 0 Å². The summed E-state index contributed by atoms with van der Waals surface area (Å²) >= 11 is 0. The van der Waals surface area contributed by atoms with Crippen LogP contribution in [-0.2, 0) is 14.8 Å². The van der Waals surface area contributed by atoms with Gasteiger partial charge < -0.3 is 10.6 Å². The molecule has 1 amide bonds. The number of amides is 1. The molecule has 2 aromatic rings. The standard InChI is InChI=1S/C15H19N5O3S/c1-3-10-24(22,23)20-15-9-8-14(18-19-15)17-13-6-4-12(5-7-13)16-11(2)21/h4-9H,3,10H2,1-2H3,(H,16,21)(H,17,18)(H,19,20). The van der Waals surface area contributed by atoms with E-state index in [4.69, 9.17) is 0 Å². The second-order valence-corrected chi connectivity index (χ2v) is 6.95. The number of hydrogen-bond donors (Lipinski definition) is 3. The van der Waals surface area contributed by atoms with Gasteiger partial charge >= 0.3 is 0 Å². The van der Waals surface area contributed by atoms with Crippen LogP contribution in [0.2, 0.25) is 0 Å². The van der Waals surface area contributed by atoms with Gasteiger partial charge in [0.2, 0.25) is 15.9 Å². The summed E-state index contributed by atoms with van der Waals surface area (Å²) in [7, 11) is -3.38. The molecule has 0 spiro atoms. The second-order valence-electron chi connectivity index (χ2n) is 5.11. The Labute approximate surface area is 140 Å². The molecule has 2 rings (SSSR count). The van der Waals surface area contributed by atoms with E-state index in [9.17, 15) is 13.2 Å². The zero-order valence-electron chi connectivity index (χ0n) is 13.4. The molecular formula is C15H19N5O3S. The van der Waals surface area contributed by atoms with Crippen LogP contribution >= 0.6 is 0 Å². The lowest BCUT2D eigenvalue weighted by Crippen LogP contribution is -2.17. The molecule has 0 radical (unpaired) electrons. The van der Waals surface area contributed by atoms with Crippen molar-refractivity contribution in [2.24, 2.45) is 0 Å². The van der Waals surface area contributed by atoms with E-state index in [1.807, 2.05) is 0 Å². The lowest BCUT2D eigenvalue weighted by molar-refractivity contribution is -0.114. The number of rotatable bonds is 7. The third-order valence-electron chi connectivity index (χ3n) is 2.88. The third kappa shape index (κ3) is 5.51. The number of sulfonamides is 1. The molecule has 0 aliphatic carbocycles. The van der Waals surface area contributed by atoms with Crippen LogP contribution in [0.5, 0.6) is 0 Å². The molecule has 3 N–H and O–H groups in total. The highest BCUT2D eigenvalue weighted by Crippen LogP contribution is 2.18. The number of carbonyl (C=O) groups excluding carboxylic acids is 1. The molecule has 0 unspecified atom stereocenters. The number of carbonyl (C=O) groups is 1. The molecule has 0 aliphatic heterocycles. The van der Waals surface area contributed by atoms with Gasteiger partial charge in [-0.25, -0.2) is 8.42 Å². The zero-order chi connectivity index (χ0) is 17.6. The van der Waals surface area contributed by atoms with Crippen LogP contribution in [0.1, 0.15) is 20.3 Å². The molecule has 128 valence electrons. The van der Waals surface area contributed by atoms with Gasteiger partial charge in [0, 0.05) is 18.3 Å². The van der Waals surface area contributed by atoms with E-state index in [0.29, 0.717) is 17.9 Å². The Balaban J connectivity index is 2.00. The molecule has 0 fully saturated rings. The maximum absolute atomic E-state index is 11.7. The number of anilines is 4. The first-order valence-electron chi connectivity index (χ1n) is 7.37. The fraction of sp³-hybridized carbons (Fsp3) is 0.267. The van der Waals surface area contributed by atoms with Crippen LogP contribution in [0.15, 0.2) is 36.4 Å². The lowest BCUT2D eigenvalue weighted by atomic mass is 10.2. The number of hydrogen-bond acceptors (Lipinski definition) is 6. The topological polar surface area (TPSA) is 113 Å². The monoisotopic (exact) mass is 349 g/mol. The Bertz CT molecular complexity index is 789. The van der Waals surface area contributed by atoms with Crippen molar-refractivity contribution in [2.75, 3.05) is 21.1 Å². The van der Waals surface area contributed by atoms with Crippen molar-refractivity contribution in [3.05, 3.63) is 36.4 Å². The Hall–Kier alpha value is -2.68. The van der Waals surface area contributed by atoms with Crippen LogP contribution in [0, 0.1) is 0 Å². The molecule has 1 aromatic heterocycles. The fourth-order valence-corrected chi connectivity index (χ4v) is 2.99. The Morgan fingerprint density at radius 3 is 2.12 bits per heavy atom. The summed E-state index contributed by atoms with van der Waals surface area (Å²) in [6.45, 7) is 3.23. The lowest BCUT2D eigenvalue weighted by Gasteiger charge is -2.08. The number of nitrogens with zero attached hydrogens (tertiary/aromatic N) is 2. The molecule has 0 aliphatic rings. The molecule has 1 aromatic carbocycles. The minimum atomic E-state index is -3.38. The number of aromatic nitrogens is 2. The molecule has 1 heterocycles. The van der Waals surface area contributed by atoms with Crippen LogP contribution < -0.4 is 15.4 Å². The van der Waals surface area contributed by atoms with Crippen LogP contribution in [0.4, 0.5) is 23.0 Å². The zero-order valence-corrected chi connectivity index (χ0v) is 14.2. The Morgan fingerprint density at radius 1 is 1.00 bits per heavy atom. The third-order valence-corrected chi connectivity index (χ3v) is 4.34. The quantitative estimate of drug-likeness (QED) is 0.707. The van der Waals surface area contributed by atoms with Crippen LogP contribution in [0.3, 0.4) is 0 Å². The highest BCUT2D eigenvalue weighted by molar-refractivity contribution is 7.92. The summed E-state index contributed by atoms with van der Waals surface area (Å²) in [5.74, 6) is 0.549. The molecule has 0 saturated carbocycles. The summed E-state index contributed by atoms with van der Waals surface area (Å²) in [4.78, 5) is 11.0. The molecule has 0 bridgehead atoms. The summed E-state index contributed by atoms with van der Waals surface area (Å²) < 4.78 is 25.7.